The largest absolute Gasteiger partial charge is 0.396 e. The van der Waals surface area contributed by atoms with Crippen LogP contribution in [0.15, 0.2) is 0 Å². The highest BCUT2D eigenvalue weighted by Crippen LogP contribution is 2.30. The molecule has 0 aromatic rings. The van der Waals surface area contributed by atoms with Crippen LogP contribution in [0.1, 0.15) is 33.1 Å². The molecule has 2 saturated heterocycles. The second kappa shape index (κ2) is 7.02. The Morgan fingerprint density at radius 2 is 2.16 bits per heavy atom. The summed E-state index contributed by atoms with van der Waals surface area (Å²) in [5.74, 6) is 0. The van der Waals surface area contributed by atoms with E-state index in [0.29, 0.717) is 6.04 Å². The van der Waals surface area contributed by atoms with Crippen LogP contribution in [0.4, 0.5) is 0 Å². The third-order valence-corrected chi connectivity index (χ3v) is 4.87. The lowest BCUT2D eigenvalue weighted by atomic mass is 9.83. The molecule has 0 aliphatic carbocycles. The minimum absolute atomic E-state index is 0.00357. The number of hydrogen-bond donors (Lipinski definition) is 1. The van der Waals surface area contributed by atoms with Gasteiger partial charge in [-0.25, -0.2) is 0 Å². The lowest BCUT2D eigenvalue weighted by Crippen LogP contribution is -2.46. The Morgan fingerprint density at radius 3 is 2.74 bits per heavy atom. The van der Waals surface area contributed by atoms with Crippen molar-refractivity contribution < 1.29 is 9.84 Å². The lowest BCUT2D eigenvalue weighted by Gasteiger charge is -2.38. The molecule has 4 heteroatoms. The summed E-state index contributed by atoms with van der Waals surface area (Å²) in [5, 5.41) is 9.75. The third-order valence-electron chi connectivity index (χ3n) is 4.87. The van der Waals surface area contributed by atoms with Gasteiger partial charge in [-0.2, -0.15) is 0 Å². The van der Waals surface area contributed by atoms with Gasteiger partial charge in [0.05, 0.1) is 13.2 Å². The zero-order valence-electron chi connectivity index (χ0n) is 12.6. The van der Waals surface area contributed by atoms with Crippen molar-refractivity contribution in [1.82, 2.24) is 9.80 Å². The first-order valence-corrected chi connectivity index (χ1v) is 7.88. The molecule has 112 valence electrons. The summed E-state index contributed by atoms with van der Waals surface area (Å²) in [5.41, 5.74) is -0.00357. The number of rotatable bonds is 6. The monoisotopic (exact) mass is 270 g/mol. The van der Waals surface area contributed by atoms with Gasteiger partial charge in [0, 0.05) is 31.2 Å². The summed E-state index contributed by atoms with van der Waals surface area (Å²) in [6.45, 7) is 12.0. The highest BCUT2D eigenvalue weighted by Gasteiger charge is 2.37. The van der Waals surface area contributed by atoms with Crippen molar-refractivity contribution in [3.8, 4) is 0 Å². The maximum absolute atomic E-state index is 9.75. The molecule has 0 aromatic heterocycles. The van der Waals surface area contributed by atoms with Crippen molar-refractivity contribution in [3.63, 3.8) is 0 Å². The molecule has 0 bridgehead atoms. The van der Waals surface area contributed by atoms with E-state index >= 15 is 0 Å². The Labute approximate surface area is 117 Å². The Bertz CT molecular complexity index is 263. The topological polar surface area (TPSA) is 35.9 Å². The molecule has 2 rings (SSSR count). The summed E-state index contributed by atoms with van der Waals surface area (Å²) in [4.78, 5) is 5.09. The zero-order chi connectivity index (χ0) is 13.7. The van der Waals surface area contributed by atoms with Crippen molar-refractivity contribution in [2.45, 2.75) is 39.2 Å². The quantitative estimate of drug-likeness (QED) is 0.786. The van der Waals surface area contributed by atoms with Crippen molar-refractivity contribution >= 4 is 0 Å². The summed E-state index contributed by atoms with van der Waals surface area (Å²) >= 11 is 0. The van der Waals surface area contributed by atoms with Gasteiger partial charge in [-0.1, -0.05) is 13.8 Å². The summed E-state index contributed by atoms with van der Waals surface area (Å²) in [7, 11) is 0. The number of ether oxygens (including phenoxy) is 1. The average Bonchev–Trinajstić information content (AvgIpc) is 2.89. The number of aliphatic hydroxyl groups is 1. The van der Waals surface area contributed by atoms with Crippen LogP contribution in [-0.4, -0.2) is 73.5 Å². The minimum Gasteiger partial charge on any atom is -0.396 e. The molecule has 0 amide bonds. The van der Waals surface area contributed by atoms with Gasteiger partial charge in [0.2, 0.25) is 0 Å². The molecule has 2 aliphatic rings. The molecule has 2 atom stereocenters. The highest BCUT2D eigenvalue weighted by atomic mass is 16.5. The van der Waals surface area contributed by atoms with E-state index in [9.17, 15) is 5.11 Å². The average molecular weight is 270 g/mol. The maximum atomic E-state index is 9.75. The van der Waals surface area contributed by atoms with E-state index in [1.165, 1.54) is 13.0 Å². The normalized spacial score (nSPS) is 33.2. The van der Waals surface area contributed by atoms with Crippen LogP contribution in [0.2, 0.25) is 0 Å². The summed E-state index contributed by atoms with van der Waals surface area (Å²) in [6, 6.07) is 0.704. The highest BCUT2D eigenvalue weighted by molar-refractivity contribution is 4.90. The van der Waals surface area contributed by atoms with Crippen molar-refractivity contribution in [3.05, 3.63) is 0 Å². The van der Waals surface area contributed by atoms with Gasteiger partial charge in [-0.15, -0.1) is 0 Å². The van der Waals surface area contributed by atoms with E-state index < -0.39 is 0 Å². The third kappa shape index (κ3) is 3.69. The number of aliphatic hydroxyl groups excluding tert-OH is 1. The zero-order valence-corrected chi connectivity index (χ0v) is 12.6. The number of nitrogens with zero attached hydrogens (tertiary/aromatic N) is 2. The molecule has 2 fully saturated rings. The second-order valence-electron chi connectivity index (χ2n) is 6.21. The van der Waals surface area contributed by atoms with Crippen LogP contribution in [0.5, 0.6) is 0 Å². The van der Waals surface area contributed by atoms with Crippen molar-refractivity contribution in [2.24, 2.45) is 5.41 Å². The van der Waals surface area contributed by atoms with Crippen molar-refractivity contribution in [2.75, 3.05) is 52.5 Å². The molecule has 0 aromatic carbocycles. The smallest absolute Gasteiger partial charge is 0.0556 e. The van der Waals surface area contributed by atoms with E-state index in [0.717, 1.165) is 52.2 Å². The standard InChI is InChI=1S/C15H30N2O2/c1-3-17(4-2)14-6-8-16(10-14)11-15(12-18)7-5-9-19-13-15/h14,18H,3-13H2,1-2H3. The van der Waals surface area contributed by atoms with E-state index in [1.807, 2.05) is 0 Å². The molecule has 0 spiro atoms. The molecule has 19 heavy (non-hydrogen) atoms. The fourth-order valence-electron chi connectivity index (χ4n) is 3.68. The van der Waals surface area contributed by atoms with Gasteiger partial charge in [0.15, 0.2) is 0 Å². The Hall–Kier alpha value is -0.160. The van der Waals surface area contributed by atoms with Crippen LogP contribution in [0, 0.1) is 5.41 Å². The Balaban J connectivity index is 1.86. The van der Waals surface area contributed by atoms with E-state index in [2.05, 4.69) is 23.6 Å². The first-order chi connectivity index (χ1) is 9.23. The van der Waals surface area contributed by atoms with Gasteiger partial charge in [-0.3, -0.25) is 4.90 Å². The van der Waals surface area contributed by atoms with E-state index in [1.54, 1.807) is 0 Å². The molecule has 2 heterocycles. The number of likely N-dealkylation sites (N-methyl/N-ethyl adjacent to an activating group) is 1. The molecular formula is C15H30N2O2. The van der Waals surface area contributed by atoms with Crippen LogP contribution in [-0.2, 0) is 4.74 Å². The van der Waals surface area contributed by atoms with Gasteiger partial charge in [0.1, 0.15) is 0 Å². The second-order valence-corrected chi connectivity index (χ2v) is 6.21. The van der Waals surface area contributed by atoms with Gasteiger partial charge < -0.3 is 14.7 Å². The molecule has 0 saturated carbocycles. The first-order valence-electron chi connectivity index (χ1n) is 7.88. The van der Waals surface area contributed by atoms with Crippen LogP contribution in [0.25, 0.3) is 0 Å². The maximum Gasteiger partial charge on any atom is 0.0556 e. The predicted octanol–water partition coefficient (Wildman–Crippen LogP) is 1.19. The Morgan fingerprint density at radius 1 is 1.37 bits per heavy atom. The number of likely N-dealkylation sites (tertiary alicyclic amines) is 1. The summed E-state index contributed by atoms with van der Waals surface area (Å²) < 4.78 is 5.61. The fourth-order valence-corrected chi connectivity index (χ4v) is 3.68. The molecule has 2 unspecified atom stereocenters. The molecule has 1 N–H and O–H groups in total. The van der Waals surface area contributed by atoms with Gasteiger partial charge in [0.25, 0.3) is 0 Å². The molecule has 0 radical (unpaired) electrons. The summed E-state index contributed by atoms with van der Waals surface area (Å²) in [6.07, 6.45) is 3.47. The SMILES string of the molecule is CCN(CC)C1CCN(CC2(CO)CCCOC2)C1. The molecule has 4 nitrogen and oxygen atoms in total. The lowest BCUT2D eigenvalue weighted by molar-refractivity contribution is -0.0531. The molecule has 2 aliphatic heterocycles. The van der Waals surface area contributed by atoms with E-state index in [-0.39, 0.29) is 12.0 Å². The van der Waals surface area contributed by atoms with Gasteiger partial charge in [-0.05, 0) is 38.9 Å². The first kappa shape index (κ1) is 15.2. The minimum atomic E-state index is -0.00357. The van der Waals surface area contributed by atoms with Crippen LogP contribution < -0.4 is 0 Å². The predicted molar refractivity (Wildman–Crippen MR) is 77.3 cm³/mol. The van der Waals surface area contributed by atoms with Crippen LogP contribution >= 0.6 is 0 Å². The number of hydrogen-bond acceptors (Lipinski definition) is 4. The van der Waals surface area contributed by atoms with Gasteiger partial charge >= 0.3 is 0 Å². The van der Waals surface area contributed by atoms with Crippen molar-refractivity contribution in [1.29, 1.82) is 0 Å². The Kier molecular flexibility index (Phi) is 5.63. The van der Waals surface area contributed by atoms with Crippen LogP contribution in [0.3, 0.4) is 0 Å². The molecular weight excluding hydrogens is 240 g/mol. The fraction of sp³-hybridized carbons (Fsp3) is 1.00. The van der Waals surface area contributed by atoms with E-state index in [4.69, 9.17) is 4.74 Å².